The predicted molar refractivity (Wildman–Crippen MR) is 79.5 cm³/mol. The molecule has 1 heterocycles. The molecular formula is C16H12N2O4. The van der Waals surface area contributed by atoms with Crippen molar-refractivity contribution >= 4 is 28.6 Å². The molecule has 22 heavy (non-hydrogen) atoms. The molecule has 1 aromatic carbocycles. The van der Waals surface area contributed by atoms with Crippen molar-refractivity contribution in [2.75, 3.05) is 0 Å². The number of allylic oxidation sites excluding steroid dienone is 4. The third-order valence-corrected chi connectivity index (χ3v) is 3.14. The van der Waals surface area contributed by atoms with Crippen LogP contribution in [0.1, 0.15) is 23.2 Å². The van der Waals surface area contributed by atoms with Crippen molar-refractivity contribution in [1.82, 2.24) is 4.98 Å². The van der Waals surface area contributed by atoms with Gasteiger partial charge in [-0.05, 0) is 42.9 Å². The van der Waals surface area contributed by atoms with Crippen molar-refractivity contribution < 1.29 is 18.8 Å². The molecular weight excluding hydrogens is 284 g/mol. The Balaban J connectivity index is 1.87. The van der Waals surface area contributed by atoms with E-state index in [2.05, 4.69) is 10.1 Å². The number of aryl methyl sites for hydroxylation is 1. The summed E-state index contributed by atoms with van der Waals surface area (Å²) in [5.74, 6) is -0.300. The Hall–Kier alpha value is -3.02. The third kappa shape index (κ3) is 2.58. The second kappa shape index (κ2) is 5.40. The first-order valence-corrected chi connectivity index (χ1v) is 6.61. The fourth-order valence-corrected chi connectivity index (χ4v) is 2.09. The lowest BCUT2D eigenvalue weighted by molar-refractivity contribution is -0.110. The summed E-state index contributed by atoms with van der Waals surface area (Å²) in [6.45, 7) is 3.42. The van der Waals surface area contributed by atoms with E-state index in [-0.39, 0.29) is 11.3 Å². The number of para-hydroxylation sites is 1. The zero-order valence-electron chi connectivity index (χ0n) is 12.0. The molecule has 0 spiro atoms. The smallest absolute Gasteiger partial charge is 0.369 e. The number of oxazole rings is 1. The van der Waals surface area contributed by atoms with Gasteiger partial charge in [0.25, 0.3) is 0 Å². The number of ketones is 1. The molecule has 0 fully saturated rings. The fourth-order valence-electron chi connectivity index (χ4n) is 2.09. The number of rotatable bonds is 2. The molecule has 1 aliphatic carbocycles. The summed E-state index contributed by atoms with van der Waals surface area (Å²) in [5.41, 5.74) is 2.26. The molecule has 0 bridgehead atoms. The molecule has 0 aliphatic heterocycles. The van der Waals surface area contributed by atoms with Gasteiger partial charge in [-0.25, -0.2) is 9.78 Å². The van der Waals surface area contributed by atoms with Gasteiger partial charge in [-0.2, -0.15) is 0 Å². The quantitative estimate of drug-likeness (QED) is 0.483. The van der Waals surface area contributed by atoms with Crippen LogP contribution >= 0.6 is 0 Å². The van der Waals surface area contributed by atoms with E-state index in [1.54, 1.807) is 32.0 Å². The highest BCUT2D eigenvalue weighted by atomic mass is 16.7. The number of carbonyl (C=O) groups is 2. The molecule has 0 unspecified atom stereocenters. The molecule has 0 saturated heterocycles. The van der Waals surface area contributed by atoms with E-state index in [0.717, 1.165) is 0 Å². The van der Waals surface area contributed by atoms with Gasteiger partial charge in [-0.15, -0.1) is 0 Å². The summed E-state index contributed by atoms with van der Waals surface area (Å²) in [6, 6.07) is 5.02. The number of benzene rings is 1. The monoisotopic (exact) mass is 296 g/mol. The molecule has 6 nitrogen and oxygen atoms in total. The molecule has 0 atom stereocenters. The fraction of sp³-hybridized carbons (Fsp3) is 0.125. The molecule has 0 saturated carbocycles. The van der Waals surface area contributed by atoms with Crippen LogP contribution in [0, 0.1) is 6.92 Å². The summed E-state index contributed by atoms with van der Waals surface area (Å²) in [7, 11) is 0. The van der Waals surface area contributed by atoms with Crippen LogP contribution in [-0.2, 0) is 9.63 Å². The highest BCUT2D eigenvalue weighted by Crippen LogP contribution is 2.20. The summed E-state index contributed by atoms with van der Waals surface area (Å²) in [4.78, 5) is 32.4. The van der Waals surface area contributed by atoms with Crippen molar-refractivity contribution in [2.45, 2.75) is 13.8 Å². The average molecular weight is 296 g/mol. The number of fused-ring (bicyclic) bond motifs is 1. The SMILES string of the molecule is CC1=CC(=O)C=C/C1=N/OC(=O)c1cccc2nc(C)oc12. The normalized spacial score (nSPS) is 16.2. The van der Waals surface area contributed by atoms with E-state index >= 15 is 0 Å². The van der Waals surface area contributed by atoms with Gasteiger partial charge in [0.05, 0.1) is 0 Å². The molecule has 110 valence electrons. The highest BCUT2D eigenvalue weighted by Gasteiger charge is 2.17. The third-order valence-electron chi connectivity index (χ3n) is 3.14. The van der Waals surface area contributed by atoms with E-state index in [0.29, 0.717) is 28.3 Å². The van der Waals surface area contributed by atoms with Crippen LogP contribution in [0.2, 0.25) is 0 Å². The second-order valence-electron chi connectivity index (χ2n) is 4.81. The Morgan fingerprint density at radius 2 is 2.09 bits per heavy atom. The summed E-state index contributed by atoms with van der Waals surface area (Å²) >= 11 is 0. The van der Waals surface area contributed by atoms with Gasteiger partial charge in [-0.1, -0.05) is 11.2 Å². The van der Waals surface area contributed by atoms with Crippen LogP contribution in [0.25, 0.3) is 11.1 Å². The minimum absolute atomic E-state index is 0.121. The maximum absolute atomic E-state index is 12.2. The first kappa shape index (κ1) is 13.9. The van der Waals surface area contributed by atoms with Crippen LogP contribution in [0.15, 0.2) is 51.6 Å². The number of nitrogens with zero attached hydrogens (tertiary/aromatic N) is 2. The van der Waals surface area contributed by atoms with Gasteiger partial charge in [0.15, 0.2) is 17.3 Å². The standard InChI is InChI=1S/C16H12N2O4/c1-9-8-11(19)6-7-13(9)18-22-16(20)12-4-3-5-14-15(12)21-10(2)17-14/h3-8H,1-2H3/b18-13-. The lowest BCUT2D eigenvalue weighted by Crippen LogP contribution is -2.08. The zero-order valence-corrected chi connectivity index (χ0v) is 12.0. The first-order valence-electron chi connectivity index (χ1n) is 6.61. The number of oxime groups is 1. The van der Waals surface area contributed by atoms with Crippen LogP contribution in [0.3, 0.4) is 0 Å². The first-order chi connectivity index (χ1) is 10.5. The second-order valence-corrected chi connectivity index (χ2v) is 4.81. The van der Waals surface area contributed by atoms with E-state index < -0.39 is 5.97 Å². The summed E-state index contributed by atoms with van der Waals surface area (Å²) in [6.07, 6.45) is 4.29. The number of aromatic nitrogens is 1. The van der Waals surface area contributed by atoms with Crippen molar-refractivity contribution in [2.24, 2.45) is 5.16 Å². The zero-order chi connectivity index (χ0) is 15.7. The molecule has 1 aliphatic rings. The van der Waals surface area contributed by atoms with Crippen LogP contribution in [0.5, 0.6) is 0 Å². The Morgan fingerprint density at radius 3 is 2.86 bits per heavy atom. The Kier molecular flexibility index (Phi) is 3.42. The van der Waals surface area contributed by atoms with E-state index in [1.807, 2.05) is 0 Å². The van der Waals surface area contributed by atoms with Crippen LogP contribution < -0.4 is 0 Å². The highest BCUT2D eigenvalue weighted by molar-refractivity contribution is 6.19. The van der Waals surface area contributed by atoms with Gasteiger partial charge in [-0.3, -0.25) is 4.79 Å². The molecule has 0 N–H and O–H groups in total. The number of carbonyl (C=O) groups excluding carboxylic acids is 2. The lowest BCUT2D eigenvalue weighted by atomic mass is 10.1. The maximum Gasteiger partial charge on any atom is 0.369 e. The van der Waals surface area contributed by atoms with Gasteiger partial charge >= 0.3 is 5.97 Å². The van der Waals surface area contributed by atoms with Gasteiger partial charge in [0.2, 0.25) is 0 Å². The lowest BCUT2D eigenvalue weighted by Gasteiger charge is -2.05. The number of hydrogen-bond acceptors (Lipinski definition) is 6. The molecule has 6 heteroatoms. The van der Waals surface area contributed by atoms with Gasteiger partial charge in [0, 0.05) is 6.92 Å². The van der Waals surface area contributed by atoms with Crippen molar-refractivity contribution in [3.8, 4) is 0 Å². The molecule has 3 rings (SSSR count). The Labute approximate surface area is 125 Å². The molecule has 0 radical (unpaired) electrons. The largest absolute Gasteiger partial charge is 0.440 e. The van der Waals surface area contributed by atoms with Crippen molar-refractivity contribution in [3.05, 3.63) is 53.5 Å². The molecule has 0 amide bonds. The Morgan fingerprint density at radius 1 is 1.27 bits per heavy atom. The van der Waals surface area contributed by atoms with Crippen LogP contribution in [0.4, 0.5) is 0 Å². The molecule has 2 aromatic rings. The van der Waals surface area contributed by atoms with Gasteiger partial charge in [0.1, 0.15) is 16.8 Å². The minimum Gasteiger partial charge on any atom is -0.440 e. The van der Waals surface area contributed by atoms with E-state index in [9.17, 15) is 9.59 Å². The number of hydrogen-bond donors (Lipinski definition) is 0. The van der Waals surface area contributed by atoms with Crippen LogP contribution in [-0.4, -0.2) is 22.4 Å². The Bertz CT molecular complexity index is 871. The molecule has 1 aromatic heterocycles. The van der Waals surface area contributed by atoms with Crippen molar-refractivity contribution in [1.29, 1.82) is 0 Å². The maximum atomic E-state index is 12.2. The summed E-state index contributed by atoms with van der Waals surface area (Å²) in [5, 5.41) is 3.79. The summed E-state index contributed by atoms with van der Waals surface area (Å²) < 4.78 is 5.42. The predicted octanol–water partition coefficient (Wildman–Crippen LogP) is 2.73. The van der Waals surface area contributed by atoms with Crippen molar-refractivity contribution in [3.63, 3.8) is 0 Å². The van der Waals surface area contributed by atoms with Gasteiger partial charge < -0.3 is 9.25 Å². The van der Waals surface area contributed by atoms with E-state index in [4.69, 9.17) is 9.25 Å². The average Bonchev–Trinajstić information content (AvgIpc) is 2.86. The topological polar surface area (TPSA) is 81.8 Å². The minimum atomic E-state index is -0.646. The van der Waals surface area contributed by atoms with E-state index in [1.165, 1.54) is 18.2 Å².